The number of benzene rings is 1. The summed E-state index contributed by atoms with van der Waals surface area (Å²) in [5.74, 6) is 0.181. The van der Waals surface area contributed by atoms with Crippen LogP contribution >= 0.6 is 11.6 Å². The van der Waals surface area contributed by atoms with Gasteiger partial charge in [0.05, 0.1) is 4.92 Å². The predicted octanol–water partition coefficient (Wildman–Crippen LogP) is 3.56. The van der Waals surface area contributed by atoms with Crippen LogP contribution in [0.5, 0.6) is 0 Å². The van der Waals surface area contributed by atoms with Crippen LogP contribution in [0, 0.1) is 17.0 Å². The second-order valence-corrected chi connectivity index (χ2v) is 4.43. The average molecular weight is 278 g/mol. The van der Waals surface area contributed by atoms with E-state index in [-0.39, 0.29) is 16.7 Å². The van der Waals surface area contributed by atoms with Crippen molar-refractivity contribution in [1.82, 2.24) is 4.98 Å². The minimum absolute atomic E-state index is 0.0852. The molecular weight excluding hydrogens is 266 g/mol. The van der Waals surface area contributed by atoms with Crippen molar-refractivity contribution in [3.05, 3.63) is 62.8 Å². The zero-order valence-electron chi connectivity index (χ0n) is 10.3. The van der Waals surface area contributed by atoms with Gasteiger partial charge in [0.25, 0.3) is 0 Å². The van der Waals surface area contributed by atoms with E-state index < -0.39 is 4.92 Å². The highest BCUT2D eigenvalue weighted by molar-refractivity contribution is 6.29. The maximum absolute atomic E-state index is 10.9. The number of hydrogen-bond donors (Lipinski definition) is 1. The standard InChI is InChI=1S/C13H12ClN3O2/c1-9-4-2-3-5-10(9)8-15-13-11(17(18)19)6-7-12(14)16-13/h2-7H,8H2,1H3,(H,15,16). The highest BCUT2D eigenvalue weighted by Gasteiger charge is 2.15. The molecule has 5 nitrogen and oxygen atoms in total. The quantitative estimate of drug-likeness (QED) is 0.527. The van der Waals surface area contributed by atoms with Crippen LogP contribution in [0.25, 0.3) is 0 Å². The molecule has 1 aromatic heterocycles. The Bertz CT molecular complexity index is 617. The highest BCUT2D eigenvalue weighted by atomic mass is 35.5. The molecule has 0 aliphatic rings. The Balaban J connectivity index is 2.22. The number of pyridine rings is 1. The molecule has 1 heterocycles. The minimum Gasteiger partial charge on any atom is -0.360 e. The molecular formula is C13H12ClN3O2. The van der Waals surface area contributed by atoms with E-state index in [9.17, 15) is 10.1 Å². The van der Waals surface area contributed by atoms with Crippen molar-refractivity contribution in [2.75, 3.05) is 5.32 Å². The van der Waals surface area contributed by atoms with Gasteiger partial charge in [-0.15, -0.1) is 0 Å². The maximum atomic E-state index is 10.9. The van der Waals surface area contributed by atoms with Crippen LogP contribution in [-0.4, -0.2) is 9.91 Å². The summed E-state index contributed by atoms with van der Waals surface area (Å²) in [7, 11) is 0. The molecule has 0 spiro atoms. The maximum Gasteiger partial charge on any atom is 0.311 e. The van der Waals surface area contributed by atoms with Crippen molar-refractivity contribution in [1.29, 1.82) is 0 Å². The van der Waals surface area contributed by atoms with Crippen LogP contribution < -0.4 is 5.32 Å². The topological polar surface area (TPSA) is 68.1 Å². The summed E-state index contributed by atoms with van der Waals surface area (Å²) in [6.07, 6.45) is 0. The predicted molar refractivity (Wildman–Crippen MR) is 74.4 cm³/mol. The third-order valence-corrected chi connectivity index (χ3v) is 2.95. The number of anilines is 1. The molecule has 0 aliphatic carbocycles. The van der Waals surface area contributed by atoms with Gasteiger partial charge in [-0.1, -0.05) is 35.9 Å². The lowest BCUT2D eigenvalue weighted by atomic mass is 10.1. The minimum atomic E-state index is -0.483. The Kier molecular flexibility index (Phi) is 3.97. The fourth-order valence-electron chi connectivity index (χ4n) is 1.69. The zero-order chi connectivity index (χ0) is 13.8. The molecule has 0 aliphatic heterocycles. The van der Waals surface area contributed by atoms with E-state index >= 15 is 0 Å². The second-order valence-electron chi connectivity index (χ2n) is 4.04. The molecule has 1 aromatic carbocycles. The molecule has 6 heteroatoms. The first kappa shape index (κ1) is 13.3. The number of halogens is 1. The van der Waals surface area contributed by atoms with Gasteiger partial charge in [0.1, 0.15) is 5.15 Å². The first-order valence-electron chi connectivity index (χ1n) is 5.67. The van der Waals surface area contributed by atoms with E-state index in [4.69, 9.17) is 11.6 Å². The third-order valence-electron chi connectivity index (χ3n) is 2.74. The largest absolute Gasteiger partial charge is 0.360 e. The summed E-state index contributed by atoms with van der Waals surface area (Å²) in [6, 6.07) is 10.5. The van der Waals surface area contributed by atoms with Crippen molar-refractivity contribution in [2.24, 2.45) is 0 Å². The Morgan fingerprint density at radius 1 is 1.32 bits per heavy atom. The second kappa shape index (κ2) is 5.67. The van der Waals surface area contributed by atoms with Gasteiger partial charge in [0.2, 0.25) is 5.82 Å². The summed E-state index contributed by atoms with van der Waals surface area (Å²) in [6.45, 7) is 2.44. The summed E-state index contributed by atoms with van der Waals surface area (Å²) >= 11 is 5.76. The Labute approximate surface area is 115 Å². The van der Waals surface area contributed by atoms with Crippen LogP contribution in [0.4, 0.5) is 11.5 Å². The fourth-order valence-corrected chi connectivity index (χ4v) is 1.84. The van der Waals surface area contributed by atoms with E-state index in [2.05, 4.69) is 10.3 Å². The Hall–Kier alpha value is -2.14. The van der Waals surface area contributed by atoms with Gasteiger partial charge in [-0.3, -0.25) is 10.1 Å². The number of nitrogens with one attached hydrogen (secondary N) is 1. The number of nitrogens with zero attached hydrogens (tertiary/aromatic N) is 2. The third kappa shape index (κ3) is 3.20. The Morgan fingerprint density at radius 3 is 2.74 bits per heavy atom. The molecule has 2 rings (SSSR count). The van der Waals surface area contributed by atoms with E-state index in [1.165, 1.54) is 12.1 Å². The molecule has 0 saturated heterocycles. The normalized spacial score (nSPS) is 10.2. The molecule has 0 fully saturated rings. The molecule has 0 unspecified atom stereocenters. The summed E-state index contributed by atoms with van der Waals surface area (Å²) in [5.41, 5.74) is 2.08. The van der Waals surface area contributed by atoms with E-state index in [1.807, 2.05) is 31.2 Å². The van der Waals surface area contributed by atoms with Gasteiger partial charge in [-0.25, -0.2) is 4.98 Å². The molecule has 0 atom stereocenters. The number of aryl methyl sites for hydroxylation is 1. The molecule has 0 amide bonds. The van der Waals surface area contributed by atoms with E-state index in [0.29, 0.717) is 6.54 Å². The fraction of sp³-hybridized carbons (Fsp3) is 0.154. The van der Waals surface area contributed by atoms with Gasteiger partial charge in [0, 0.05) is 12.6 Å². The van der Waals surface area contributed by atoms with Crippen molar-refractivity contribution < 1.29 is 4.92 Å². The van der Waals surface area contributed by atoms with Crippen LogP contribution in [0.2, 0.25) is 5.15 Å². The lowest BCUT2D eigenvalue weighted by molar-refractivity contribution is -0.384. The SMILES string of the molecule is Cc1ccccc1CNc1nc(Cl)ccc1[N+](=O)[O-]. The molecule has 2 aromatic rings. The molecule has 0 radical (unpaired) electrons. The van der Waals surface area contributed by atoms with Gasteiger partial charge >= 0.3 is 5.69 Å². The lowest BCUT2D eigenvalue weighted by Crippen LogP contribution is -2.05. The lowest BCUT2D eigenvalue weighted by Gasteiger charge is -2.08. The Morgan fingerprint density at radius 2 is 2.05 bits per heavy atom. The molecule has 0 bridgehead atoms. The van der Waals surface area contributed by atoms with Crippen molar-refractivity contribution in [3.63, 3.8) is 0 Å². The zero-order valence-corrected chi connectivity index (χ0v) is 11.0. The van der Waals surface area contributed by atoms with Crippen LogP contribution in [-0.2, 0) is 6.54 Å². The number of hydrogen-bond acceptors (Lipinski definition) is 4. The van der Waals surface area contributed by atoms with Crippen molar-refractivity contribution >= 4 is 23.1 Å². The number of nitro groups is 1. The smallest absolute Gasteiger partial charge is 0.311 e. The molecule has 1 N–H and O–H groups in total. The van der Waals surface area contributed by atoms with Crippen LogP contribution in [0.3, 0.4) is 0 Å². The van der Waals surface area contributed by atoms with Gasteiger partial charge < -0.3 is 5.32 Å². The highest BCUT2D eigenvalue weighted by Crippen LogP contribution is 2.24. The van der Waals surface area contributed by atoms with E-state index in [1.54, 1.807) is 0 Å². The monoisotopic (exact) mass is 277 g/mol. The average Bonchev–Trinajstić information content (AvgIpc) is 2.37. The first-order chi connectivity index (χ1) is 9.08. The molecule has 0 saturated carbocycles. The van der Waals surface area contributed by atoms with Gasteiger partial charge in [-0.05, 0) is 24.1 Å². The van der Waals surface area contributed by atoms with Crippen LogP contribution in [0.1, 0.15) is 11.1 Å². The summed E-state index contributed by atoms with van der Waals surface area (Å²) < 4.78 is 0. The summed E-state index contributed by atoms with van der Waals surface area (Å²) in [5, 5.41) is 14.1. The van der Waals surface area contributed by atoms with Gasteiger partial charge in [-0.2, -0.15) is 0 Å². The van der Waals surface area contributed by atoms with Gasteiger partial charge in [0.15, 0.2) is 0 Å². The first-order valence-corrected chi connectivity index (χ1v) is 6.05. The number of aromatic nitrogens is 1. The van der Waals surface area contributed by atoms with Crippen molar-refractivity contribution in [3.8, 4) is 0 Å². The van der Waals surface area contributed by atoms with Crippen molar-refractivity contribution in [2.45, 2.75) is 13.5 Å². The molecule has 98 valence electrons. The molecule has 19 heavy (non-hydrogen) atoms. The van der Waals surface area contributed by atoms with E-state index in [0.717, 1.165) is 11.1 Å². The summed E-state index contributed by atoms with van der Waals surface area (Å²) in [4.78, 5) is 14.4. The number of rotatable bonds is 4. The van der Waals surface area contributed by atoms with Crippen LogP contribution in [0.15, 0.2) is 36.4 Å².